The zero-order valence-corrected chi connectivity index (χ0v) is 13.4. The maximum atomic E-state index is 5.29. The number of H-pyrrole nitrogens is 1. The van der Waals surface area contributed by atoms with Gasteiger partial charge in [0, 0.05) is 29.9 Å². The van der Waals surface area contributed by atoms with Crippen LogP contribution in [0.5, 0.6) is 5.88 Å². The third-order valence-electron chi connectivity index (χ3n) is 3.62. The zero-order valence-electron chi connectivity index (χ0n) is 12.6. The fourth-order valence-electron chi connectivity index (χ4n) is 2.47. The van der Waals surface area contributed by atoms with Gasteiger partial charge in [-0.15, -0.1) is 5.10 Å². The average molecular weight is 325 g/mol. The number of nitrogens with one attached hydrogen (secondary N) is 1. The van der Waals surface area contributed by atoms with Crippen molar-refractivity contribution in [1.29, 1.82) is 0 Å². The van der Waals surface area contributed by atoms with Crippen LogP contribution in [0.1, 0.15) is 11.6 Å². The molecule has 0 aliphatic carbocycles. The van der Waals surface area contributed by atoms with E-state index in [1.54, 1.807) is 23.0 Å². The van der Waals surface area contributed by atoms with Crippen molar-refractivity contribution < 1.29 is 4.74 Å². The van der Waals surface area contributed by atoms with Crippen molar-refractivity contribution in [3.8, 4) is 17.1 Å². The van der Waals surface area contributed by atoms with Gasteiger partial charge in [-0.1, -0.05) is 6.07 Å². The lowest BCUT2D eigenvalue weighted by Gasteiger charge is -1.99. The third-order valence-corrected chi connectivity index (χ3v) is 4.31. The molecule has 7 heteroatoms. The highest BCUT2D eigenvalue weighted by Gasteiger charge is 2.09. The van der Waals surface area contributed by atoms with Crippen LogP contribution in [0.25, 0.3) is 16.9 Å². The molecule has 0 radical (unpaired) electrons. The Balaban J connectivity index is 1.51. The Morgan fingerprint density at radius 3 is 3.04 bits per heavy atom. The monoisotopic (exact) mass is 325 g/mol. The van der Waals surface area contributed by atoms with E-state index < -0.39 is 0 Å². The molecule has 4 heterocycles. The molecule has 0 saturated carbocycles. The number of hydrogen-bond donors (Lipinski definition) is 1. The Kier molecular flexibility index (Phi) is 3.55. The first-order valence-electron chi connectivity index (χ1n) is 7.28. The summed E-state index contributed by atoms with van der Waals surface area (Å²) in [5.41, 5.74) is 3.01. The van der Waals surface area contributed by atoms with E-state index in [1.165, 1.54) is 5.56 Å². The first-order chi connectivity index (χ1) is 11.3. The highest BCUT2D eigenvalue weighted by molar-refractivity contribution is 7.08. The van der Waals surface area contributed by atoms with Gasteiger partial charge in [-0.05, 0) is 17.5 Å². The molecule has 0 atom stereocenters. The summed E-state index contributed by atoms with van der Waals surface area (Å²) < 4.78 is 7.01. The van der Waals surface area contributed by atoms with Crippen LogP contribution in [0.4, 0.5) is 0 Å². The molecule has 0 unspecified atom stereocenters. The Bertz CT molecular complexity index is 925. The molecule has 0 aliphatic heterocycles. The van der Waals surface area contributed by atoms with Crippen molar-refractivity contribution in [3.05, 3.63) is 52.9 Å². The number of aromatic nitrogens is 5. The first-order valence-corrected chi connectivity index (χ1v) is 8.23. The van der Waals surface area contributed by atoms with Gasteiger partial charge in [-0.2, -0.15) is 15.9 Å². The van der Waals surface area contributed by atoms with Crippen LogP contribution in [0.3, 0.4) is 0 Å². The quantitative estimate of drug-likeness (QED) is 0.612. The van der Waals surface area contributed by atoms with Gasteiger partial charge in [0.1, 0.15) is 5.82 Å². The molecule has 4 rings (SSSR count). The summed E-state index contributed by atoms with van der Waals surface area (Å²) in [5.74, 6) is 2.40. The number of fused-ring (bicyclic) bond motifs is 1. The van der Waals surface area contributed by atoms with E-state index >= 15 is 0 Å². The molecule has 23 heavy (non-hydrogen) atoms. The summed E-state index contributed by atoms with van der Waals surface area (Å²) in [4.78, 5) is 12.3. The molecule has 4 aromatic heterocycles. The molecule has 0 amide bonds. The van der Waals surface area contributed by atoms with Crippen LogP contribution < -0.4 is 4.74 Å². The predicted molar refractivity (Wildman–Crippen MR) is 88.8 cm³/mol. The summed E-state index contributed by atoms with van der Waals surface area (Å²) in [5, 5.41) is 8.66. The SMILES string of the molecule is COc1cccc2nc(CCc3ncc(-c4ccsc4)[nH]3)nn12. The van der Waals surface area contributed by atoms with Gasteiger partial charge in [0.2, 0.25) is 5.88 Å². The summed E-state index contributed by atoms with van der Waals surface area (Å²) in [6, 6.07) is 7.77. The average Bonchev–Trinajstić information content (AvgIpc) is 3.30. The van der Waals surface area contributed by atoms with Crippen LogP contribution >= 0.6 is 11.3 Å². The minimum atomic E-state index is 0.680. The Morgan fingerprint density at radius 2 is 2.22 bits per heavy atom. The smallest absolute Gasteiger partial charge is 0.216 e. The second-order valence-electron chi connectivity index (χ2n) is 5.12. The minimum absolute atomic E-state index is 0.680. The molecule has 0 spiro atoms. The first kappa shape index (κ1) is 14.0. The molecule has 4 aromatic rings. The number of aromatic amines is 1. The van der Waals surface area contributed by atoms with Gasteiger partial charge in [-0.3, -0.25) is 0 Å². The van der Waals surface area contributed by atoms with Crippen molar-refractivity contribution >= 4 is 17.0 Å². The number of thiophene rings is 1. The van der Waals surface area contributed by atoms with Crippen LogP contribution in [0, 0.1) is 0 Å². The topological polar surface area (TPSA) is 68.1 Å². The molecule has 0 bridgehead atoms. The standard InChI is InChI=1S/C16H15N5OS/c1-22-16-4-2-3-15-19-14(20-21(15)16)6-5-13-17-9-12(18-13)11-7-8-23-10-11/h2-4,7-10H,5-6H2,1H3,(H,17,18). The number of ether oxygens (including phenoxy) is 1. The van der Waals surface area contributed by atoms with Gasteiger partial charge in [0.25, 0.3) is 0 Å². The predicted octanol–water partition coefficient (Wildman–Crippen LogP) is 2.97. The van der Waals surface area contributed by atoms with Crippen molar-refractivity contribution in [1.82, 2.24) is 24.6 Å². The third kappa shape index (κ3) is 2.70. The molecular weight excluding hydrogens is 310 g/mol. The second-order valence-corrected chi connectivity index (χ2v) is 5.90. The van der Waals surface area contributed by atoms with E-state index in [2.05, 4.69) is 36.9 Å². The molecule has 0 fully saturated rings. The van der Waals surface area contributed by atoms with E-state index in [9.17, 15) is 0 Å². The van der Waals surface area contributed by atoms with Crippen LogP contribution in [-0.2, 0) is 12.8 Å². The van der Waals surface area contributed by atoms with E-state index in [-0.39, 0.29) is 0 Å². The van der Waals surface area contributed by atoms with Crippen molar-refractivity contribution in [2.24, 2.45) is 0 Å². The number of nitrogens with zero attached hydrogens (tertiary/aromatic N) is 4. The number of methoxy groups -OCH3 is 1. The molecule has 116 valence electrons. The van der Waals surface area contributed by atoms with Gasteiger partial charge < -0.3 is 9.72 Å². The number of pyridine rings is 1. The van der Waals surface area contributed by atoms with Crippen molar-refractivity contribution in [2.75, 3.05) is 7.11 Å². The Hall–Kier alpha value is -2.67. The number of aryl methyl sites for hydroxylation is 2. The fraction of sp³-hybridized carbons (Fsp3) is 0.188. The molecule has 0 aliphatic rings. The molecule has 0 saturated heterocycles. The van der Waals surface area contributed by atoms with E-state index in [1.807, 2.05) is 24.4 Å². The Labute approximate surface area is 136 Å². The summed E-state index contributed by atoms with van der Waals surface area (Å²) in [6.45, 7) is 0. The fourth-order valence-corrected chi connectivity index (χ4v) is 3.13. The van der Waals surface area contributed by atoms with E-state index in [0.29, 0.717) is 5.88 Å². The maximum absolute atomic E-state index is 5.29. The summed E-state index contributed by atoms with van der Waals surface area (Å²) >= 11 is 1.68. The van der Waals surface area contributed by atoms with E-state index in [4.69, 9.17) is 4.74 Å². The maximum Gasteiger partial charge on any atom is 0.216 e. The highest BCUT2D eigenvalue weighted by atomic mass is 32.1. The lowest BCUT2D eigenvalue weighted by molar-refractivity contribution is 0.385. The lowest BCUT2D eigenvalue weighted by atomic mass is 10.2. The minimum Gasteiger partial charge on any atom is -0.481 e. The van der Waals surface area contributed by atoms with Crippen LogP contribution in [0.15, 0.2) is 41.2 Å². The van der Waals surface area contributed by atoms with Gasteiger partial charge in [0.15, 0.2) is 11.5 Å². The molecule has 6 nitrogen and oxygen atoms in total. The highest BCUT2D eigenvalue weighted by Crippen LogP contribution is 2.20. The molecular formula is C16H15N5OS. The summed E-state index contributed by atoms with van der Waals surface area (Å²) in [7, 11) is 1.63. The van der Waals surface area contributed by atoms with Crippen LogP contribution in [-0.4, -0.2) is 31.7 Å². The van der Waals surface area contributed by atoms with E-state index in [0.717, 1.165) is 35.8 Å². The molecule has 1 N–H and O–H groups in total. The zero-order chi connectivity index (χ0) is 15.6. The van der Waals surface area contributed by atoms with Gasteiger partial charge >= 0.3 is 0 Å². The largest absolute Gasteiger partial charge is 0.481 e. The van der Waals surface area contributed by atoms with Crippen molar-refractivity contribution in [3.63, 3.8) is 0 Å². The number of hydrogen-bond acceptors (Lipinski definition) is 5. The van der Waals surface area contributed by atoms with Gasteiger partial charge in [-0.25, -0.2) is 9.97 Å². The summed E-state index contributed by atoms with van der Waals surface area (Å²) in [6.07, 6.45) is 3.36. The van der Waals surface area contributed by atoms with Gasteiger partial charge in [0.05, 0.1) is 19.0 Å². The van der Waals surface area contributed by atoms with Crippen LogP contribution in [0.2, 0.25) is 0 Å². The number of rotatable bonds is 5. The Morgan fingerprint density at radius 1 is 1.26 bits per heavy atom. The normalized spacial score (nSPS) is 11.2. The lowest BCUT2D eigenvalue weighted by Crippen LogP contribution is -1.98. The molecule has 0 aromatic carbocycles. The second kappa shape index (κ2) is 5.85. The number of imidazole rings is 1. The van der Waals surface area contributed by atoms with Crippen molar-refractivity contribution in [2.45, 2.75) is 12.8 Å².